The summed E-state index contributed by atoms with van der Waals surface area (Å²) in [5.41, 5.74) is 0.497. The summed E-state index contributed by atoms with van der Waals surface area (Å²) in [7, 11) is -4.48. The fraction of sp³-hybridized carbons (Fsp3) is 0.100. The molecule has 0 saturated heterocycles. The first kappa shape index (κ1) is 22.8. The number of hydrogen-bond donors (Lipinski definition) is 2. The molecule has 0 heterocycles. The summed E-state index contributed by atoms with van der Waals surface area (Å²) in [6, 6.07) is 14.0. The third-order valence-electron chi connectivity index (χ3n) is 4.04. The Kier molecular flexibility index (Phi) is 6.98. The van der Waals surface area contributed by atoms with E-state index in [-0.39, 0.29) is 4.47 Å². The summed E-state index contributed by atoms with van der Waals surface area (Å²) in [5, 5.41) is 4.46. The minimum atomic E-state index is -4.48. The number of rotatable bonds is 7. The van der Waals surface area contributed by atoms with E-state index in [9.17, 15) is 26.8 Å². The van der Waals surface area contributed by atoms with E-state index in [2.05, 4.69) is 21.2 Å². The molecule has 1 amide bonds. The Morgan fingerprint density at radius 3 is 2.42 bits per heavy atom. The molecule has 0 fully saturated rings. The van der Waals surface area contributed by atoms with Crippen molar-refractivity contribution in [1.82, 2.24) is 4.72 Å². The van der Waals surface area contributed by atoms with Crippen LogP contribution >= 0.6 is 15.9 Å². The fourth-order valence-electron chi connectivity index (χ4n) is 2.67. The molecule has 31 heavy (non-hydrogen) atoms. The average Bonchev–Trinajstić information content (AvgIpc) is 2.69. The molecule has 3 aromatic rings. The van der Waals surface area contributed by atoms with Crippen LogP contribution in [0.3, 0.4) is 0 Å². The van der Waals surface area contributed by atoms with Crippen molar-refractivity contribution >= 4 is 54.3 Å². The molecule has 0 unspecified atom stereocenters. The number of halogens is 3. The maximum atomic E-state index is 13.8. The van der Waals surface area contributed by atoms with Gasteiger partial charge in [-0.05, 0) is 44.9 Å². The van der Waals surface area contributed by atoms with Crippen molar-refractivity contribution in [3.8, 4) is 0 Å². The number of sulfonamides is 1. The number of carbonyl (C=O) groups is 2. The van der Waals surface area contributed by atoms with Gasteiger partial charge in [-0.25, -0.2) is 17.2 Å². The molecule has 11 heteroatoms. The minimum Gasteiger partial charge on any atom is -0.455 e. The van der Waals surface area contributed by atoms with Crippen LogP contribution in [0.25, 0.3) is 10.8 Å². The van der Waals surface area contributed by atoms with Gasteiger partial charge in [0.1, 0.15) is 23.1 Å². The van der Waals surface area contributed by atoms with E-state index in [1.165, 1.54) is 0 Å². The number of anilines is 1. The highest BCUT2D eigenvalue weighted by Gasteiger charge is 2.24. The number of benzene rings is 3. The van der Waals surface area contributed by atoms with E-state index in [0.717, 1.165) is 16.8 Å². The molecular formula is C20H15BrF2N2O5S. The van der Waals surface area contributed by atoms with Crippen LogP contribution in [-0.2, 0) is 24.3 Å². The van der Waals surface area contributed by atoms with Gasteiger partial charge in [-0.1, -0.05) is 30.3 Å². The molecule has 3 aromatic carbocycles. The molecule has 0 radical (unpaired) electrons. The zero-order valence-electron chi connectivity index (χ0n) is 15.7. The number of hydrogen-bond acceptors (Lipinski definition) is 5. The van der Waals surface area contributed by atoms with Gasteiger partial charge < -0.3 is 10.1 Å². The first-order valence-electron chi connectivity index (χ1n) is 8.74. The van der Waals surface area contributed by atoms with E-state index in [0.29, 0.717) is 11.8 Å². The smallest absolute Gasteiger partial charge is 0.321 e. The fourth-order valence-corrected chi connectivity index (χ4v) is 4.80. The molecule has 0 aliphatic carbocycles. The summed E-state index contributed by atoms with van der Waals surface area (Å²) in [5.74, 6) is -3.99. The summed E-state index contributed by atoms with van der Waals surface area (Å²) in [6.07, 6.45) is 0. The molecule has 0 atom stereocenters. The van der Waals surface area contributed by atoms with Crippen molar-refractivity contribution in [3.05, 3.63) is 70.7 Å². The van der Waals surface area contributed by atoms with E-state index < -0.39 is 51.6 Å². The first-order valence-corrected chi connectivity index (χ1v) is 11.0. The maximum absolute atomic E-state index is 13.8. The van der Waals surface area contributed by atoms with Gasteiger partial charge in [0, 0.05) is 16.2 Å². The topological polar surface area (TPSA) is 102 Å². The second-order valence-electron chi connectivity index (χ2n) is 6.29. The normalized spacial score (nSPS) is 11.3. The number of ether oxygens (including phenoxy) is 1. The molecule has 0 aromatic heterocycles. The monoisotopic (exact) mass is 512 g/mol. The van der Waals surface area contributed by atoms with Gasteiger partial charge >= 0.3 is 5.97 Å². The van der Waals surface area contributed by atoms with E-state index in [1.54, 1.807) is 12.1 Å². The van der Waals surface area contributed by atoms with Gasteiger partial charge in [-0.15, -0.1) is 0 Å². The van der Waals surface area contributed by atoms with Crippen LogP contribution in [0.5, 0.6) is 0 Å². The lowest BCUT2D eigenvalue weighted by Gasteiger charge is -2.10. The zero-order valence-corrected chi connectivity index (χ0v) is 18.1. The second kappa shape index (κ2) is 9.50. The van der Waals surface area contributed by atoms with Crippen LogP contribution in [-0.4, -0.2) is 33.4 Å². The van der Waals surface area contributed by atoms with Crippen molar-refractivity contribution in [2.45, 2.75) is 4.90 Å². The van der Waals surface area contributed by atoms with Crippen LogP contribution in [0.1, 0.15) is 0 Å². The lowest BCUT2D eigenvalue weighted by Crippen LogP contribution is -2.33. The van der Waals surface area contributed by atoms with Crippen molar-refractivity contribution < 1.29 is 31.5 Å². The van der Waals surface area contributed by atoms with Crippen molar-refractivity contribution in [2.75, 3.05) is 18.5 Å². The quantitative estimate of drug-likeness (QED) is 0.472. The summed E-state index contributed by atoms with van der Waals surface area (Å²) in [6.45, 7) is -1.50. The Hall–Kier alpha value is -2.89. The zero-order chi connectivity index (χ0) is 22.6. The minimum absolute atomic E-state index is 0.347. The highest BCUT2D eigenvalue weighted by Crippen LogP contribution is 2.26. The molecule has 0 aliphatic rings. The molecule has 0 spiro atoms. The molecule has 0 aliphatic heterocycles. The largest absolute Gasteiger partial charge is 0.455 e. The lowest BCUT2D eigenvalue weighted by atomic mass is 10.1. The Bertz CT molecular complexity index is 1240. The summed E-state index contributed by atoms with van der Waals surface area (Å²) >= 11 is 2.77. The van der Waals surface area contributed by atoms with Gasteiger partial charge in [0.15, 0.2) is 6.61 Å². The summed E-state index contributed by atoms with van der Waals surface area (Å²) < 4.78 is 57.6. The third-order valence-corrected chi connectivity index (χ3v) is 6.40. The van der Waals surface area contributed by atoms with Gasteiger partial charge in [-0.3, -0.25) is 9.59 Å². The molecule has 0 saturated carbocycles. The Labute approximate surface area is 184 Å². The molecule has 0 bridgehead atoms. The first-order chi connectivity index (χ1) is 14.7. The predicted octanol–water partition coefficient (Wildman–Crippen LogP) is 3.34. The number of carbonyl (C=O) groups excluding carboxylic acids is 2. The van der Waals surface area contributed by atoms with Crippen LogP contribution < -0.4 is 10.0 Å². The Morgan fingerprint density at radius 2 is 1.71 bits per heavy atom. The lowest BCUT2D eigenvalue weighted by molar-refractivity contribution is -0.146. The van der Waals surface area contributed by atoms with Crippen LogP contribution in [0.2, 0.25) is 0 Å². The highest BCUT2D eigenvalue weighted by atomic mass is 79.9. The molecule has 7 nitrogen and oxygen atoms in total. The van der Waals surface area contributed by atoms with Crippen LogP contribution in [0.4, 0.5) is 14.5 Å². The van der Waals surface area contributed by atoms with Gasteiger partial charge in [0.25, 0.3) is 5.91 Å². The van der Waals surface area contributed by atoms with Crippen LogP contribution in [0, 0.1) is 11.6 Å². The van der Waals surface area contributed by atoms with Crippen molar-refractivity contribution in [1.29, 1.82) is 0 Å². The van der Waals surface area contributed by atoms with E-state index in [1.807, 2.05) is 35.1 Å². The van der Waals surface area contributed by atoms with Gasteiger partial charge in [0.05, 0.1) is 0 Å². The molecule has 3 rings (SSSR count). The SMILES string of the molecule is O=C(COC(=O)CNS(=O)(=O)c1c(F)cc(F)cc1Br)Nc1ccc2ccccc2c1. The van der Waals surface area contributed by atoms with E-state index in [4.69, 9.17) is 4.74 Å². The number of nitrogens with one attached hydrogen (secondary N) is 2. The predicted molar refractivity (Wildman–Crippen MR) is 113 cm³/mol. The third kappa shape index (κ3) is 5.84. The standard InChI is InChI=1S/C20H15BrF2N2O5S/c21-16-8-14(22)9-17(23)20(16)31(28,29)24-10-19(27)30-11-18(26)25-15-6-5-12-3-1-2-4-13(12)7-15/h1-9,24H,10-11H2,(H,25,26). The van der Waals surface area contributed by atoms with E-state index >= 15 is 0 Å². The Morgan fingerprint density at radius 1 is 1.00 bits per heavy atom. The second-order valence-corrected chi connectivity index (χ2v) is 8.85. The highest BCUT2D eigenvalue weighted by molar-refractivity contribution is 9.10. The molecular weight excluding hydrogens is 498 g/mol. The van der Waals surface area contributed by atoms with Crippen molar-refractivity contribution in [3.63, 3.8) is 0 Å². The van der Waals surface area contributed by atoms with Gasteiger partial charge in [-0.2, -0.15) is 4.72 Å². The van der Waals surface area contributed by atoms with Gasteiger partial charge in [0.2, 0.25) is 10.0 Å². The number of amides is 1. The maximum Gasteiger partial charge on any atom is 0.321 e. The Balaban J connectivity index is 1.53. The summed E-state index contributed by atoms with van der Waals surface area (Å²) in [4.78, 5) is 22.9. The number of esters is 1. The number of fused-ring (bicyclic) bond motifs is 1. The van der Waals surface area contributed by atoms with Crippen LogP contribution in [0.15, 0.2) is 64.0 Å². The van der Waals surface area contributed by atoms with Crippen molar-refractivity contribution in [2.24, 2.45) is 0 Å². The molecule has 2 N–H and O–H groups in total. The average molecular weight is 513 g/mol. The molecule has 162 valence electrons.